The summed E-state index contributed by atoms with van der Waals surface area (Å²) < 4.78 is 0. The van der Waals surface area contributed by atoms with E-state index >= 15 is 0 Å². The highest BCUT2D eigenvalue weighted by molar-refractivity contribution is 5.25. The fourth-order valence-electron chi connectivity index (χ4n) is 7.80. The minimum Gasteiger partial charge on any atom is -0.392 e. The maximum Gasteiger partial charge on any atom is 0.0664 e. The monoisotopic (exact) mass is 358 g/mol. The van der Waals surface area contributed by atoms with Gasteiger partial charge in [0.2, 0.25) is 0 Å². The van der Waals surface area contributed by atoms with Crippen LogP contribution in [0.2, 0.25) is 0 Å². The summed E-state index contributed by atoms with van der Waals surface area (Å²) in [6.07, 6.45) is 11.7. The summed E-state index contributed by atoms with van der Waals surface area (Å²) in [4.78, 5) is 0. The van der Waals surface area contributed by atoms with E-state index in [-0.39, 0.29) is 11.5 Å². The Hall–Kier alpha value is -0.300. The molecule has 4 aliphatic rings. The van der Waals surface area contributed by atoms with Crippen molar-refractivity contribution in [3.05, 3.63) is 11.1 Å². The van der Waals surface area contributed by atoms with Crippen molar-refractivity contribution in [3.63, 3.8) is 0 Å². The van der Waals surface area contributed by atoms with E-state index in [4.69, 9.17) is 0 Å². The van der Waals surface area contributed by atoms with Gasteiger partial charge in [-0.2, -0.15) is 0 Å². The van der Waals surface area contributed by atoms with Gasteiger partial charge in [0, 0.05) is 5.92 Å². The summed E-state index contributed by atoms with van der Waals surface area (Å²) in [6, 6.07) is 0. The zero-order valence-electron chi connectivity index (χ0n) is 18.2. The summed E-state index contributed by atoms with van der Waals surface area (Å²) in [5, 5.41) is 11.8. The lowest BCUT2D eigenvalue weighted by Crippen LogP contribution is -2.56. The van der Waals surface area contributed by atoms with Gasteiger partial charge in [-0.1, -0.05) is 45.8 Å². The molecule has 0 radical (unpaired) electrons. The zero-order chi connectivity index (χ0) is 18.9. The molecule has 1 N–H and O–H groups in total. The van der Waals surface area contributed by atoms with Crippen LogP contribution in [0.1, 0.15) is 99.3 Å². The Labute approximate surface area is 162 Å². The molecule has 7 atom stereocenters. The Kier molecular flexibility index (Phi) is 4.46. The van der Waals surface area contributed by atoms with E-state index < -0.39 is 0 Å². The molecule has 0 unspecified atom stereocenters. The van der Waals surface area contributed by atoms with Crippen LogP contribution in [0.3, 0.4) is 0 Å². The van der Waals surface area contributed by atoms with Crippen molar-refractivity contribution in [1.82, 2.24) is 0 Å². The third-order valence-electron chi connectivity index (χ3n) is 9.89. The van der Waals surface area contributed by atoms with E-state index in [1.54, 1.807) is 11.1 Å². The molecule has 148 valence electrons. The molecule has 1 heteroatoms. The molecule has 0 aromatic rings. The van der Waals surface area contributed by atoms with Gasteiger partial charge in [0.1, 0.15) is 0 Å². The molecule has 0 bridgehead atoms. The molecule has 0 amide bonds. The highest BCUT2D eigenvalue weighted by atomic mass is 16.3. The first-order valence-corrected chi connectivity index (χ1v) is 11.4. The molecule has 3 fully saturated rings. The molecule has 0 aromatic carbocycles. The summed E-state index contributed by atoms with van der Waals surface area (Å²) in [7, 11) is 0. The minimum absolute atomic E-state index is 0.118. The predicted molar refractivity (Wildman–Crippen MR) is 110 cm³/mol. The Bertz CT molecular complexity index is 601. The van der Waals surface area contributed by atoms with Crippen LogP contribution in [-0.2, 0) is 0 Å². The predicted octanol–water partition coefficient (Wildman–Crippen LogP) is 6.75. The molecule has 0 heterocycles. The van der Waals surface area contributed by atoms with E-state index in [0.717, 1.165) is 5.92 Å². The first-order valence-electron chi connectivity index (χ1n) is 11.4. The van der Waals surface area contributed by atoms with Crippen molar-refractivity contribution in [2.45, 2.75) is 105 Å². The van der Waals surface area contributed by atoms with Crippen LogP contribution in [0.5, 0.6) is 0 Å². The van der Waals surface area contributed by atoms with Crippen LogP contribution in [0.25, 0.3) is 0 Å². The van der Waals surface area contributed by atoms with Crippen LogP contribution in [0, 0.1) is 39.9 Å². The zero-order valence-corrected chi connectivity index (χ0v) is 18.2. The third kappa shape index (κ3) is 2.75. The van der Waals surface area contributed by atoms with Gasteiger partial charge in [-0.05, 0) is 98.7 Å². The number of aliphatic hydroxyl groups is 1. The highest BCUT2D eigenvalue weighted by Gasteiger charge is 2.58. The number of aliphatic hydroxyl groups excluding tert-OH is 1. The van der Waals surface area contributed by atoms with Crippen LogP contribution < -0.4 is 0 Å². The van der Waals surface area contributed by atoms with E-state index in [0.29, 0.717) is 28.6 Å². The maximum absolute atomic E-state index is 11.8. The smallest absolute Gasteiger partial charge is 0.0664 e. The van der Waals surface area contributed by atoms with E-state index in [1.807, 2.05) is 0 Å². The van der Waals surface area contributed by atoms with Gasteiger partial charge in [0.05, 0.1) is 6.10 Å². The quantitative estimate of drug-likeness (QED) is 0.475. The largest absolute Gasteiger partial charge is 0.392 e. The highest BCUT2D eigenvalue weighted by Crippen LogP contribution is 2.65. The number of hydrogen-bond donors (Lipinski definition) is 1. The second-order valence-electron chi connectivity index (χ2n) is 12.1. The summed E-state index contributed by atoms with van der Waals surface area (Å²) in [5.41, 5.74) is 4.38. The van der Waals surface area contributed by atoms with E-state index in [9.17, 15) is 5.11 Å². The lowest BCUT2D eigenvalue weighted by molar-refractivity contribution is -0.150. The van der Waals surface area contributed by atoms with E-state index in [2.05, 4.69) is 41.5 Å². The lowest BCUT2D eigenvalue weighted by atomic mass is 9.44. The summed E-state index contributed by atoms with van der Waals surface area (Å²) in [5.74, 6) is 2.58. The fourth-order valence-corrected chi connectivity index (χ4v) is 7.80. The first-order chi connectivity index (χ1) is 12.1. The SMILES string of the molecule is CC1=C2CC[C@H](C)[C@@H]2[C@@H](O)[C@@]2(C)CC[C@]3(C)CCC(C)(C)C[C@H]3[C@@H]2CC1. The first kappa shape index (κ1) is 19.0. The number of rotatable bonds is 0. The molecule has 0 saturated heterocycles. The van der Waals surface area contributed by atoms with Crippen molar-refractivity contribution in [1.29, 1.82) is 0 Å². The average molecular weight is 359 g/mol. The van der Waals surface area contributed by atoms with Gasteiger partial charge in [0.25, 0.3) is 0 Å². The number of allylic oxidation sites excluding steroid dienone is 1. The molecule has 0 aliphatic heterocycles. The molecule has 0 aromatic heterocycles. The van der Waals surface area contributed by atoms with Crippen molar-refractivity contribution in [2.24, 2.45) is 39.9 Å². The van der Waals surface area contributed by atoms with Gasteiger partial charge in [0.15, 0.2) is 0 Å². The maximum atomic E-state index is 11.8. The average Bonchev–Trinajstić information content (AvgIpc) is 2.95. The second-order valence-corrected chi connectivity index (χ2v) is 12.1. The molecule has 26 heavy (non-hydrogen) atoms. The third-order valence-corrected chi connectivity index (χ3v) is 9.89. The van der Waals surface area contributed by atoms with Gasteiger partial charge in [-0.15, -0.1) is 0 Å². The standard InChI is InChI=1S/C25H42O/c1-16-8-10-19-20-15-23(3,4)11-12-24(20,5)13-14-25(19,6)22(26)21-17(2)7-9-18(16)21/h17,19-22,26H,7-15H2,1-6H3/t17-,19-,20-,21-,22+,24-,25-/m0/s1. The Morgan fingerprint density at radius 1 is 0.885 bits per heavy atom. The molecule has 4 aliphatic carbocycles. The van der Waals surface area contributed by atoms with Gasteiger partial charge >= 0.3 is 0 Å². The van der Waals surface area contributed by atoms with Crippen LogP contribution in [0.15, 0.2) is 11.1 Å². The van der Waals surface area contributed by atoms with Crippen LogP contribution in [-0.4, -0.2) is 11.2 Å². The Balaban J connectivity index is 1.75. The van der Waals surface area contributed by atoms with Gasteiger partial charge in [-0.25, -0.2) is 0 Å². The number of fused-ring (bicyclic) bond motifs is 4. The fraction of sp³-hybridized carbons (Fsp3) is 0.920. The Morgan fingerprint density at radius 3 is 2.31 bits per heavy atom. The summed E-state index contributed by atoms with van der Waals surface area (Å²) >= 11 is 0. The van der Waals surface area contributed by atoms with Gasteiger partial charge < -0.3 is 5.11 Å². The normalized spacial score (nSPS) is 51.1. The van der Waals surface area contributed by atoms with Crippen molar-refractivity contribution >= 4 is 0 Å². The molecule has 0 spiro atoms. The van der Waals surface area contributed by atoms with Crippen molar-refractivity contribution in [3.8, 4) is 0 Å². The van der Waals surface area contributed by atoms with Crippen molar-refractivity contribution < 1.29 is 5.11 Å². The van der Waals surface area contributed by atoms with Crippen LogP contribution >= 0.6 is 0 Å². The van der Waals surface area contributed by atoms with Gasteiger partial charge in [-0.3, -0.25) is 0 Å². The number of hydrogen-bond acceptors (Lipinski definition) is 1. The molecule has 3 saturated carbocycles. The Morgan fingerprint density at radius 2 is 1.58 bits per heavy atom. The van der Waals surface area contributed by atoms with Crippen molar-refractivity contribution in [2.75, 3.05) is 0 Å². The molecule has 4 rings (SSSR count). The minimum atomic E-state index is -0.134. The topological polar surface area (TPSA) is 20.2 Å². The second kappa shape index (κ2) is 6.10. The summed E-state index contributed by atoms with van der Waals surface area (Å²) in [6.45, 7) is 14.8. The molecule has 1 nitrogen and oxygen atoms in total. The lowest BCUT2D eigenvalue weighted by Gasteiger charge is -2.62. The molecular formula is C25H42O. The van der Waals surface area contributed by atoms with E-state index in [1.165, 1.54) is 57.8 Å². The van der Waals surface area contributed by atoms with Crippen LogP contribution in [0.4, 0.5) is 0 Å². The molecular weight excluding hydrogens is 316 g/mol.